The summed E-state index contributed by atoms with van der Waals surface area (Å²) < 4.78 is 36.4. The second kappa shape index (κ2) is 6.80. The van der Waals surface area contributed by atoms with Crippen molar-refractivity contribution in [1.82, 2.24) is 4.90 Å². The van der Waals surface area contributed by atoms with Gasteiger partial charge in [0.15, 0.2) is 0 Å². The van der Waals surface area contributed by atoms with E-state index in [1.807, 2.05) is 0 Å². The lowest BCUT2D eigenvalue weighted by Gasteiger charge is -2.18. The third kappa shape index (κ3) is 5.63. The van der Waals surface area contributed by atoms with Crippen LogP contribution in [0.15, 0.2) is 18.2 Å². The second-order valence-corrected chi connectivity index (χ2v) is 4.91. The van der Waals surface area contributed by atoms with Gasteiger partial charge >= 0.3 is 6.18 Å². The minimum Gasteiger partial charge on any atom is -0.336 e. The number of hydrogen-bond acceptors (Lipinski definition) is 2. The van der Waals surface area contributed by atoms with Crippen molar-refractivity contribution in [3.8, 4) is 0 Å². The number of halogens is 4. The molecule has 0 heterocycles. The highest BCUT2D eigenvalue weighted by molar-refractivity contribution is 6.31. The van der Waals surface area contributed by atoms with Gasteiger partial charge in [0.2, 0.25) is 11.8 Å². The molecule has 1 aromatic carbocycles. The normalized spacial score (nSPS) is 11.1. The van der Waals surface area contributed by atoms with Gasteiger partial charge in [0.1, 0.15) is 13.0 Å². The highest BCUT2D eigenvalue weighted by atomic mass is 35.5. The van der Waals surface area contributed by atoms with Gasteiger partial charge in [-0.2, -0.15) is 13.2 Å². The first kappa shape index (κ1) is 17.3. The van der Waals surface area contributed by atoms with E-state index in [0.29, 0.717) is 21.2 Å². The zero-order chi connectivity index (χ0) is 16.2. The Hall–Kier alpha value is -1.76. The Balaban J connectivity index is 2.61. The number of anilines is 1. The lowest BCUT2D eigenvalue weighted by Crippen LogP contribution is -2.37. The molecule has 0 bridgehead atoms. The van der Waals surface area contributed by atoms with Crippen LogP contribution in [0.2, 0.25) is 5.02 Å². The van der Waals surface area contributed by atoms with E-state index in [-0.39, 0.29) is 0 Å². The van der Waals surface area contributed by atoms with E-state index >= 15 is 0 Å². The fraction of sp³-hybridized carbons (Fsp3) is 0.385. The highest BCUT2D eigenvalue weighted by Crippen LogP contribution is 2.23. The lowest BCUT2D eigenvalue weighted by atomic mass is 10.2. The number of nitrogens with one attached hydrogen (secondary N) is 1. The number of nitrogens with zero attached hydrogens (tertiary/aromatic N) is 1. The molecule has 0 aliphatic heterocycles. The molecule has 1 N–H and O–H groups in total. The fourth-order valence-electron chi connectivity index (χ4n) is 1.57. The summed E-state index contributed by atoms with van der Waals surface area (Å²) in [6, 6.07) is 4.83. The number of benzene rings is 1. The third-order valence-electron chi connectivity index (χ3n) is 2.70. The summed E-state index contributed by atoms with van der Waals surface area (Å²) in [5, 5.41) is 2.89. The molecule has 0 aliphatic rings. The molecule has 1 rings (SSSR count). The minimum atomic E-state index is -4.50. The van der Waals surface area contributed by atoms with Crippen molar-refractivity contribution in [3.05, 3.63) is 28.8 Å². The first-order chi connectivity index (χ1) is 9.60. The third-order valence-corrected chi connectivity index (χ3v) is 3.11. The SMILES string of the molecule is Cc1c(Cl)cccc1NC(=O)CC(=O)N(C)CC(F)(F)F. The van der Waals surface area contributed by atoms with E-state index < -0.39 is 31.0 Å². The summed E-state index contributed by atoms with van der Waals surface area (Å²) in [6.45, 7) is 0.283. The van der Waals surface area contributed by atoms with E-state index in [0.717, 1.165) is 7.05 Å². The number of rotatable bonds is 4. The van der Waals surface area contributed by atoms with Crippen molar-refractivity contribution in [1.29, 1.82) is 0 Å². The molecule has 0 spiro atoms. The van der Waals surface area contributed by atoms with Crippen molar-refractivity contribution in [3.63, 3.8) is 0 Å². The van der Waals surface area contributed by atoms with Crippen LogP contribution in [0.4, 0.5) is 18.9 Å². The van der Waals surface area contributed by atoms with Crippen molar-refractivity contribution >= 4 is 29.1 Å². The van der Waals surface area contributed by atoms with Crippen LogP contribution in [0.25, 0.3) is 0 Å². The molecule has 21 heavy (non-hydrogen) atoms. The molecule has 0 aliphatic carbocycles. The van der Waals surface area contributed by atoms with E-state index in [1.165, 1.54) is 0 Å². The molecule has 0 aromatic heterocycles. The predicted octanol–water partition coefficient (Wildman–Crippen LogP) is 3.00. The van der Waals surface area contributed by atoms with Crippen molar-refractivity contribution < 1.29 is 22.8 Å². The average Bonchev–Trinajstić information content (AvgIpc) is 2.32. The van der Waals surface area contributed by atoms with Crippen LogP contribution in [-0.4, -0.2) is 36.5 Å². The lowest BCUT2D eigenvalue weighted by molar-refractivity contribution is -0.159. The number of carbonyl (C=O) groups excluding carboxylic acids is 2. The van der Waals surface area contributed by atoms with Gasteiger partial charge < -0.3 is 10.2 Å². The molecule has 116 valence electrons. The van der Waals surface area contributed by atoms with Crippen LogP contribution < -0.4 is 5.32 Å². The molecule has 2 amide bonds. The van der Waals surface area contributed by atoms with Gasteiger partial charge in [0, 0.05) is 17.8 Å². The van der Waals surface area contributed by atoms with Gasteiger partial charge in [-0.05, 0) is 24.6 Å². The van der Waals surface area contributed by atoms with Crippen molar-refractivity contribution in [2.24, 2.45) is 0 Å². The summed E-state index contributed by atoms with van der Waals surface area (Å²) in [4.78, 5) is 23.6. The number of carbonyl (C=O) groups is 2. The van der Waals surface area contributed by atoms with E-state index in [4.69, 9.17) is 11.6 Å². The molecule has 4 nitrogen and oxygen atoms in total. The Morgan fingerprint density at radius 2 is 1.95 bits per heavy atom. The molecule has 0 saturated heterocycles. The van der Waals surface area contributed by atoms with Crippen molar-refractivity contribution in [2.75, 3.05) is 18.9 Å². The fourth-order valence-corrected chi connectivity index (χ4v) is 1.74. The monoisotopic (exact) mass is 322 g/mol. The Morgan fingerprint density at radius 3 is 2.52 bits per heavy atom. The number of amides is 2. The van der Waals surface area contributed by atoms with E-state index in [2.05, 4.69) is 5.32 Å². The zero-order valence-corrected chi connectivity index (χ0v) is 12.2. The quantitative estimate of drug-likeness (QED) is 0.866. The maximum absolute atomic E-state index is 12.1. The van der Waals surface area contributed by atoms with Crippen LogP contribution >= 0.6 is 11.6 Å². The molecule has 0 saturated carbocycles. The van der Waals surface area contributed by atoms with Gasteiger partial charge in [0.05, 0.1) is 0 Å². The van der Waals surface area contributed by atoms with Crippen LogP contribution in [-0.2, 0) is 9.59 Å². The molecule has 0 fully saturated rings. The summed E-state index contributed by atoms with van der Waals surface area (Å²) in [5.41, 5.74) is 1.03. The summed E-state index contributed by atoms with van der Waals surface area (Å²) in [5.74, 6) is -1.61. The Kier molecular flexibility index (Phi) is 5.60. The van der Waals surface area contributed by atoms with Gasteiger partial charge in [-0.1, -0.05) is 17.7 Å². The molecular formula is C13H14ClF3N2O2. The van der Waals surface area contributed by atoms with E-state index in [9.17, 15) is 22.8 Å². The molecule has 8 heteroatoms. The van der Waals surface area contributed by atoms with Gasteiger partial charge in [-0.15, -0.1) is 0 Å². The largest absolute Gasteiger partial charge is 0.406 e. The first-order valence-corrected chi connectivity index (χ1v) is 6.33. The minimum absolute atomic E-state index is 0.416. The van der Waals surface area contributed by atoms with Crippen molar-refractivity contribution in [2.45, 2.75) is 19.5 Å². The summed E-state index contributed by atoms with van der Waals surface area (Å²) >= 11 is 5.87. The molecule has 0 atom stereocenters. The summed E-state index contributed by atoms with van der Waals surface area (Å²) in [6.07, 6.45) is -5.16. The maximum Gasteiger partial charge on any atom is 0.406 e. The maximum atomic E-state index is 12.1. The van der Waals surface area contributed by atoms with Gasteiger partial charge in [0.25, 0.3) is 0 Å². The predicted molar refractivity (Wildman–Crippen MR) is 73.1 cm³/mol. The molecular weight excluding hydrogens is 309 g/mol. The van der Waals surface area contributed by atoms with Crippen LogP contribution in [0.5, 0.6) is 0 Å². The topological polar surface area (TPSA) is 49.4 Å². The smallest absolute Gasteiger partial charge is 0.336 e. The number of alkyl halides is 3. The van der Waals surface area contributed by atoms with E-state index in [1.54, 1.807) is 25.1 Å². The molecule has 1 aromatic rings. The van der Waals surface area contributed by atoms with Gasteiger partial charge in [-0.3, -0.25) is 9.59 Å². The van der Waals surface area contributed by atoms with Crippen LogP contribution in [0, 0.1) is 6.92 Å². The number of hydrogen-bond donors (Lipinski definition) is 1. The molecule has 0 radical (unpaired) electrons. The zero-order valence-electron chi connectivity index (χ0n) is 11.4. The molecule has 0 unspecified atom stereocenters. The highest BCUT2D eigenvalue weighted by Gasteiger charge is 2.31. The first-order valence-electron chi connectivity index (χ1n) is 5.96. The second-order valence-electron chi connectivity index (χ2n) is 4.50. The Bertz CT molecular complexity index is 547. The Labute approximate surface area is 124 Å². The Morgan fingerprint density at radius 1 is 1.33 bits per heavy atom. The van der Waals surface area contributed by atoms with Gasteiger partial charge in [-0.25, -0.2) is 0 Å². The van der Waals surface area contributed by atoms with Crippen LogP contribution in [0.1, 0.15) is 12.0 Å². The van der Waals surface area contributed by atoms with Crippen LogP contribution in [0.3, 0.4) is 0 Å². The standard InChI is InChI=1S/C13H14ClF3N2O2/c1-8-9(14)4-3-5-10(8)18-11(20)6-12(21)19(2)7-13(15,16)17/h3-5H,6-7H2,1-2H3,(H,18,20). The average molecular weight is 323 g/mol. The summed E-state index contributed by atoms with van der Waals surface area (Å²) in [7, 11) is 0.994.